The van der Waals surface area contributed by atoms with Crippen molar-refractivity contribution in [3.05, 3.63) is 41.6 Å². The maximum atomic E-state index is 13.2. The van der Waals surface area contributed by atoms with Gasteiger partial charge >= 0.3 is 0 Å². The van der Waals surface area contributed by atoms with Crippen LogP contribution in [0.15, 0.2) is 35.4 Å². The third-order valence-electron chi connectivity index (χ3n) is 5.80. The predicted octanol–water partition coefficient (Wildman–Crippen LogP) is 3.28. The molecular weight excluding hydrogens is 402 g/mol. The average molecular weight is 434 g/mol. The van der Waals surface area contributed by atoms with Crippen LogP contribution in [0.2, 0.25) is 0 Å². The van der Waals surface area contributed by atoms with Gasteiger partial charge in [0.05, 0.1) is 10.8 Å². The highest BCUT2D eigenvalue weighted by Gasteiger charge is 2.28. The summed E-state index contributed by atoms with van der Waals surface area (Å²) in [6, 6.07) is 6.95. The molecule has 8 heteroatoms. The van der Waals surface area contributed by atoms with Crippen molar-refractivity contribution in [2.24, 2.45) is 5.92 Å². The molecule has 1 unspecified atom stereocenters. The molecule has 1 heterocycles. The summed E-state index contributed by atoms with van der Waals surface area (Å²) in [6.45, 7) is 2.45. The van der Waals surface area contributed by atoms with Gasteiger partial charge in [-0.1, -0.05) is 37.8 Å². The second-order valence-electron chi connectivity index (χ2n) is 8.27. The highest BCUT2D eigenvalue weighted by atomic mass is 32.2. The van der Waals surface area contributed by atoms with Crippen LogP contribution in [-0.2, 0) is 21.2 Å². The van der Waals surface area contributed by atoms with E-state index in [1.165, 1.54) is 19.1 Å². The minimum atomic E-state index is -3.30. The zero-order valence-corrected chi connectivity index (χ0v) is 18.5. The van der Waals surface area contributed by atoms with Gasteiger partial charge in [0.1, 0.15) is 0 Å². The lowest BCUT2D eigenvalue weighted by molar-refractivity contribution is -0.118. The number of hydrogen-bond acceptors (Lipinski definition) is 5. The first-order valence-electron chi connectivity index (χ1n) is 10.5. The SMILES string of the molecule is Cc1cc(C(CC2CCCC2)C(=O)Nc2ccn(CCCO)n2)ccc1S(C)(=O)=O. The summed E-state index contributed by atoms with van der Waals surface area (Å²) in [5, 5.41) is 16.2. The Bertz CT molecular complexity index is 978. The second kappa shape index (κ2) is 9.75. The van der Waals surface area contributed by atoms with Gasteiger partial charge in [0.2, 0.25) is 5.91 Å². The van der Waals surface area contributed by atoms with Crippen LogP contribution < -0.4 is 5.32 Å². The summed E-state index contributed by atoms with van der Waals surface area (Å²) in [7, 11) is -3.30. The molecule has 0 radical (unpaired) electrons. The van der Waals surface area contributed by atoms with Gasteiger partial charge in [-0.2, -0.15) is 5.10 Å². The molecule has 1 aliphatic carbocycles. The first kappa shape index (κ1) is 22.5. The van der Waals surface area contributed by atoms with E-state index in [4.69, 9.17) is 5.11 Å². The summed E-state index contributed by atoms with van der Waals surface area (Å²) in [4.78, 5) is 13.5. The molecular formula is C22H31N3O4S. The Morgan fingerprint density at radius 3 is 2.67 bits per heavy atom. The third-order valence-corrected chi connectivity index (χ3v) is 7.06. The zero-order chi connectivity index (χ0) is 21.7. The maximum Gasteiger partial charge on any atom is 0.233 e. The molecule has 1 aliphatic rings. The molecule has 2 N–H and O–H groups in total. The predicted molar refractivity (Wildman–Crippen MR) is 116 cm³/mol. The molecule has 1 saturated carbocycles. The normalized spacial score (nSPS) is 16.0. The summed E-state index contributed by atoms with van der Waals surface area (Å²) >= 11 is 0. The number of carbonyl (C=O) groups is 1. The largest absolute Gasteiger partial charge is 0.396 e. The van der Waals surface area contributed by atoms with Crippen LogP contribution in [0.3, 0.4) is 0 Å². The Kier molecular flexibility index (Phi) is 7.31. The lowest BCUT2D eigenvalue weighted by Crippen LogP contribution is -2.23. The van der Waals surface area contributed by atoms with E-state index in [1.807, 2.05) is 6.07 Å². The fraction of sp³-hybridized carbons (Fsp3) is 0.545. The van der Waals surface area contributed by atoms with E-state index < -0.39 is 9.84 Å². The lowest BCUT2D eigenvalue weighted by atomic mass is 9.86. The van der Waals surface area contributed by atoms with Gasteiger partial charge in [-0.15, -0.1) is 0 Å². The Morgan fingerprint density at radius 1 is 1.30 bits per heavy atom. The number of aliphatic hydroxyl groups excluding tert-OH is 1. The standard InChI is InChI=1S/C22H31N3O4S/c1-16-14-18(8-9-20(16)30(2,28)29)19(15-17-6-3-4-7-17)22(27)23-21-10-12-25(24-21)11-5-13-26/h8-10,12,14,17,19,26H,3-7,11,13,15H2,1-2H3,(H,23,24,27). The summed E-state index contributed by atoms with van der Waals surface area (Å²) in [5.41, 5.74) is 1.50. The van der Waals surface area contributed by atoms with Crippen molar-refractivity contribution in [1.29, 1.82) is 0 Å². The first-order valence-corrected chi connectivity index (χ1v) is 12.4. The van der Waals surface area contributed by atoms with Gasteiger partial charge in [-0.05, 0) is 42.9 Å². The molecule has 0 bridgehead atoms. The summed E-state index contributed by atoms with van der Waals surface area (Å²) < 4.78 is 25.6. The van der Waals surface area contributed by atoms with E-state index in [2.05, 4.69) is 10.4 Å². The average Bonchev–Trinajstić information content (AvgIpc) is 3.35. The van der Waals surface area contributed by atoms with Gasteiger partial charge in [-0.25, -0.2) is 8.42 Å². The van der Waals surface area contributed by atoms with Crippen LogP contribution >= 0.6 is 0 Å². The molecule has 1 atom stereocenters. The lowest BCUT2D eigenvalue weighted by Gasteiger charge is -2.21. The molecule has 1 aromatic heterocycles. The number of aliphatic hydroxyl groups is 1. The number of benzene rings is 1. The highest BCUT2D eigenvalue weighted by Crippen LogP contribution is 2.35. The maximum absolute atomic E-state index is 13.2. The van der Waals surface area contributed by atoms with Crippen molar-refractivity contribution in [3.63, 3.8) is 0 Å². The number of hydrogen-bond donors (Lipinski definition) is 2. The molecule has 3 rings (SSSR count). The highest BCUT2D eigenvalue weighted by molar-refractivity contribution is 7.90. The molecule has 0 spiro atoms. The Morgan fingerprint density at radius 2 is 2.03 bits per heavy atom. The summed E-state index contributed by atoms with van der Waals surface area (Å²) in [6.07, 6.45) is 8.97. The fourth-order valence-corrected chi connectivity index (χ4v) is 5.24. The van der Waals surface area contributed by atoms with Crippen molar-refractivity contribution in [3.8, 4) is 0 Å². The van der Waals surface area contributed by atoms with Crippen molar-refractivity contribution < 1.29 is 18.3 Å². The van der Waals surface area contributed by atoms with Crippen LogP contribution in [0.25, 0.3) is 0 Å². The van der Waals surface area contributed by atoms with Crippen LogP contribution in [0.4, 0.5) is 5.82 Å². The van der Waals surface area contributed by atoms with Crippen LogP contribution in [0.5, 0.6) is 0 Å². The second-order valence-corrected chi connectivity index (χ2v) is 10.3. The van der Waals surface area contributed by atoms with Gasteiger partial charge in [0, 0.05) is 31.7 Å². The van der Waals surface area contributed by atoms with E-state index in [1.54, 1.807) is 36.0 Å². The number of rotatable bonds is 9. The minimum Gasteiger partial charge on any atom is -0.396 e. The molecule has 164 valence electrons. The quantitative estimate of drug-likeness (QED) is 0.632. The fourth-order valence-electron chi connectivity index (χ4n) is 4.28. The Labute approximate surface area is 178 Å². The van der Waals surface area contributed by atoms with Crippen molar-refractivity contribution >= 4 is 21.6 Å². The van der Waals surface area contributed by atoms with E-state index in [0.29, 0.717) is 35.2 Å². The number of amides is 1. The molecule has 1 aromatic carbocycles. The van der Waals surface area contributed by atoms with E-state index in [-0.39, 0.29) is 18.4 Å². The molecule has 0 aliphatic heterocycles. The Hall–Kier alpha value is -2.19. The number of carbonyl (C=O) groups excluding carboxylic acids is 1. The molecule has 0 saturated heterocycles. The third kappa shape index (κ3) is 5.70. The van der Waals surface area contributed by atoms with E-state index in [9.17, 15) is 13.2 Å². The van der Waals surface area contributed by atoms with Gasteiger partial charge in [0.15, 0.2) is 15.7 Å². The van der Waals surface area contributed by atoms with E-state index >= 15 is 0 Å². The molecule has 30 heavy (non-hydrogen) atoms. The molecule has 1 amide bonds. The van der Waals surface area contributed by atoms with Gasteiger partial charge < -0.3 is 10.4 Å². The van der Waals surface area contributed by atoms with Crippen molar-refractivity contribution in [1.82, 2.24) is 9.78 Å². The number of nitrogens with one attached hydrogen (secondary N) is 1. The number of aryl methyl sites for hydroxylation is 2. The van der Waals surface area contributed by atoms with Crippen molar-refractivity contribution in [2.45, 2.75) is 62.8 Å². The number of aromatic nitrogens is 2. The zero-order valence-electron chi connectivity index (χ0n) is 17.7. The topological polar surface area (TPSA) is 101 Å². The van der Waals surface area contributed by atoms with Gasteiger partial charge in [-0.3, -0.25) is 9.48 Å². The smallest absolute Gasteiger partial charge is 0.233 e. The van der Waals surface area contributed by atoms with Crippen LogP contribution in [0, 0.1) is 12.8 Å². The number of sulfone groups is 1. The number of anilines is 1. The van der Waals surface area contributed by atoms with Crippen molar-refractivity contribution in [2.75, 3.05) is 18.2 Å². The van der Waals surface area contributed by atoms with Crippen LogP contribution in [0.1, 0.15) is 55.6 Å². The minimum absolute atomic E-state index is 0.0911. The van der Waals surface area contributed by atoms with Gasteiger partial charge in [0.25, 0.3) is 0 Å². The van der Waals surface area contributed by atoms with Crippen LogP contribution in [-0.4, -0.2) is 42.1 Å². The first-order chi connectivity index (χ1) is 14.3. The molecule has 7 nitrogen and oxygen atoms in total. The molecule has 2 aromatic rings. The molecule has 1 fully saturated rings. The van der Waals surface area contributed by atoms with E-state index in [0.717, 1.165) is 24.8 Å². The number of nitrogens with zero attached hydrogens (tertiary/aromatic N) is 2. The monoisotopic (exact) mass is 433 g/mol. The Balaban J connectivity index is 1.82. The summed E-state index contributed by atoms with van der Waals surface area (Å²) in [5.74, 6) is 0.500.